The van der Waals surface area contributed by atoms with Crippen LogP contribution in [0, 0.1) is 4.77 Å². The van der Waals surface area contributed by atoms with Crippen molar-refractivity contribution in [2.75, 3.05) is 20.3 Å². The van der Waals surface area contributed by atoms with Crippen molar-refractivity contribution in [3.63, 3.8) is 0 Å². The van der Waals surface area contributed by atoms with E-state index in [-0.39, 0.29) is 11.5 Å². The molecule has 1 aromatic carbocycles. The maximum atomic E-state index is 12.2. The van der Waals surface area contributed by atoms with Gasteiger partial charge in [-0.15, -0.1) is 0 Å². The van der Waals surface area contributed by atoms with Crippen LogP contribution in [0.5, 0.6) is 0 Å². The number of nitrogens with one attached hydrogen (secondary N) is 2. The van der Waals surface area contributed by atoms with E-state index in [4.69, 9.17) is 17.0 Å². The Balaban J connectivity index is 2.41. The summed E-state index contributed by atoms with van der Waals surface area (Å²) in [5, 5.41) is 3.24. The van der Waals surface area contributed by atoms with E-state index in [9.17, 15) is 9.59 Å². The lowest BCUT2D eigenvalue weighted by Crippen LogP contribution is -2.27. The third-order valence-corrected chi connectivity index (χ3v) is 3.47. The molecule has 0 atom stereocenters. The van der Waals surface area contributed by atoms with E-state index < -0.39 is 0 Å². The predicted molar refractivity (Wildman–Crippen MR) is 83.3 cm³/mol. The van der Waals surface area contributed by atoms with Crippen molar-refractivity contribution in [1.82, 2.24) is 14.9 Å². The minimum atomic E-state index is -0.215. The van der Waals surface area contributed by atoms with Gasteiger partial charge in [-0.25, -0.2) is 0 Å². The highest BCUT2D eigenvalue weighted by Gasteiger charge is 2.09. The third-order valence-electron chi connectivity index (χ3n) is 3.15. The topological polar surface area (TPSA) is 76.1 Å². The minimum Gasteiger partial charge on any atom is -0.383 e. The molecule has 0 saturated heterocycles. The lowest BCUT2D eigenvalue weighted by Gasteiger charge is -2.08. The van der Waals surface area contributed by atoms with Crippen molar-refractivity contribution in [1.29, 1.82) is 0 Å². The van der Waals surface area contributed by atoms with Crippen molar-refractivity contribution in [3.8, 4) is 0 Å². The zero-order chi connectivity index (χ0) is 15.4. The second kappa shape index (κ2) is 6.64. The zero-order valence-electron chi connectivity index (χ0n) is 11.9. The molecule has 7 heteroatoms. The van der Waals surface area contributed by atoms with Crippen molar-refractivity contribution >= 4 is 29.0 Å². The van der Waals surface area contributed by atoms with Gasteiger partial charge in [0.25, 0.3) is 11.5 Å². The fourth-order valence-electron chi connectivity index (χ4n) is 2.05. The molecule has 1 amide bonds. The number of carbonyl (C=O) groups is 1. The minimum absolute atomic E-state index is 0.150. The maximum Gasteiger partial charge on any atom is 0.262 e. The highest BCUT2D eigenvalue weighted by Crippen LogP contribution is 2.10. The summed E-state index contributed by atoms with van der Waals surface area (Å²) in [6, 6.07) is 4.90. The molecule has 0 aliphatic heterocycles. The van der Waals surface area contributed by atoms with Crippen LogP contribution in [0.15, 0.2) is 23.0 Å². The number of hydrogen-bond donors (Lipinski definition) is 2. The van der Waals surface area contributed by atoms with Crippen LogP contribution in [0.1, 0.15) is 17.3 Å². The van der Waals surface area contributed by atoms with Crippen LogP contribution in [0.4, 0.5) is 0 Å². The molecular weight excluding hydrogens is 290 g/mol. The number of nitrogens with zero attached hydrogens (tertiary/aromatic N) is 1. The zero-order valence-corrected chi connectivity index (χ0v) is 12.8. The normalized spacial score (nSPS) is 10.8. The molecule has 0 aliphatic rings. The number of fused-ring (bicyclic) bond motifs is 1. The molecule has 2 rings (SSSR count). The average Bonchev–Trinajstić information content (AvgIpc) is 2.47. The summed E-state index contributed by atoms with van der Waals surface area (Å²) in [5.74, 6) is -0.215. The molecule has 0 saturated carbocycles. The fourth-order valence-corrected chi connectivity index (χ4v) is 2.37. The number of hydrogen-bond acceptors (Lipinski definition) is 4. The predicted octanol–water partition coefficient (Wildman–Crippen LogP) is 1.46. The lowest BCUT2D eigenvalue weighted by molar-refractivity contribution is 0.0937. The van der Waals surface area contributed by atoms with Gasteiger partial charge in [-0.05, 0) is 37.3 Å². The van der Waals surface area contributed by atoms with Gasteiger partial charge in [0.15, 0.2) is 4.77 Å². The molecule has 0 bridgehead atoms. The smallest absolute Gasteiger partial charge is 0.262 e. The monoisotopic (exact) mass is 307 g/mol. The van der Waals surface area contributed by atoms with E-state index in [1.54, 1.807) is 25.3 Å². The Bertz CT molecular complexity index is 779. The molecule has 0 unspecified atom stereocenters. The number of methoxy groups -OCH3 is 1. The maximum absolute atomic E-state index is 12.2. The summed E-state index contributed by atoms with van der Waals surface area (Å²) < 4.78 is 6.71. The van der Waals surface area contributed by atoms with E-state index >= 15 is 0 Å². The Kier molecular flexibility index (Phi) is 4.87. The molecule has 21 heavy (non-hydrogen) atoms. The fraction of sp³-hybridized carbons (Fsp3) is 0.357. The van der Waals surface area contributed by atoms with E-state index in [1.807, 2.05) is 6.92 Å². The summed E-state index contributed by atoms with van der Waals surface area (Å²) in [4.78, 5) is 27.2. The Morgan fingerprint density at radius 3 is 2.90 bits per heavy atom. The molecule has 6 nitrogen and oxygen atoms in total. The lowest BCUT2D eigenvalue weighted by atomic mass is 10.1. The third kappa shape index (κ3) is 3.20. The molecule has 112 valence electrons. The van der Waals surface area contributed by atoms with Gasteiger partial charge in [0.05, 0.1) is 17.5 Å². The number of carbonyl (C=O) groups excluding carboxylic acids is 1. The first-order valence-electron chi connectivity index (χ1n) is 6.62. The Morgan fingerprint density at radius 1 is 1.48 bits per heavy atom. The Labute approximate surface area is 126 Å². The van der Waals surface area contributed by atoms with Crippen molar-refractivity contribution in [2.24, 2.45) is 0 Å². The van der Waals surface area contributed by atoms with Crippen LogP contribution >= 0.6 is 12.2 Å². The van der Waals surface area contributed by atoms with Crippen LogP contribution in [-0.2, 0) is 11.3 Å². The molecule has 0 fully saturated rings. The van der Waals surface area contributed by atoms with Crippen LogP contribution in [0.2, 0.25) is 0 Å². The molecule has 2 N–H and O–H groups in total. The van der Waals surface area contributed by atoms with Gasteiger partial charge in [0, 0.05) is 25.8 Å². The van der Waals surface area contributed by atoms with Gasteiger partial charge >= 0.3 is 0 Å². The highest BCUT2D eigenvalue weighted by molar-refractivity contribution is 7.71. The summed E-state index contributed by atoms with van der Waals surface area (Å²) >= 11 is 5.15. The van der Waals surface area contributed by atoms with Crippen molar-refractivity contribution in [2.45, 2.75) is 13.5 Å². The van der Waals surface area contributed by atoms with Gasteiger partial charge in [-0.2, -0.15) is 0 Å². The second-order valence-corrected chi connectivity index (χ2v) is 4.88. The number of aromatic amines is 1. The number of aromatic nitrogens is 2. The van der Waals surface area contributed by atoms with Gasteiger partial charge in [0.2, 0.25) is 0 Å². The molecule has 0 spiro atoms. The first-order chi connectivity index (χ1) is 10.1. The molecule has 2 aromatic rings. The summed E-state index contributed by atoms with van der Waals surface area (Å²) in [6.45, 7) is 3.24. The summed E-state index contributed by atoms with van der Waals surface area (Å²) in [7, 11) is 1.57. The van der Waals surface area contributed by atoms with Gasteiger partial charge in [0.1, 0.15) is 0 Å². The number of H-pyrrole nitrogens is 1. The first kappa shape index (κ1) is 15.4. The van der Waals surface area contributed by atoms with Gasteiger partial charge in [-0.3, -0.25) is 14.2 Å². The molecular formula is C14H17N3O3S. The molecule has 0 radical (unpaired) electrons. The van der Waals surface area contributed by atoms with E-state index in [0.29, 0.717) is 40.9 Å². The van der Waals surface area contributed by atoms with Crippen molar-refractivity contribution < 1.29 is 9.53 Å². The van der Waals surface area contributed by atoms with Gasteiger partial charge in [-0.1, -0.05) is 0 Å². The largest absolute Gasteiger partial charge is 0.383 e. The quantitative estimate of drug-likeness (QED) is 0.647. The van der Waals surface area contributed by atoms with E-state index in [0.717, 1.165) is 0 Å². The standard InChI is InChI=1S/C14H17N3O3S/c1-3-17-13(19)10-5-4-9(8-11(10)16-14(17)21)12(18)15-6-7-20-2/h4-5,8H,3,6-7H2,1-2H3,(H,15,18)(H,16,21). The van der Waals surface area contributed by atoms with Crippen LogP contribution < -0.4 is 10.9 Å². The summed E-state index contributed by atoms with van der Waals surface area (Å²) in [5.41, 5.74) is 0.884. The van der Waals surface area contributed by atoms with E-state index in [1.165, 1.54) is 4.57 Å². The number of ether oxygens (including phenoxy) is 1. The van der Waals surface area contributed by atoms with Crippen LogP contribution in [0.25, 0.3) is 10.9 Å². The number of benzene rings is 1. The van der Waals surface area contributed by atoms with Crippen molar-refractivity contribution in [3.05, 3.63) is 38.9 Å². The SMILES string of the molecule is CCn1c(=S)[nH]c2cc(C(=O)NCCOC)ccc2c1=O. The number of rotatable bonds is 5. The molecule has 0 aliphatic carbocycles. The van der Waals surface area contributed by atoms with E-state index in [2.05, 4.69) is 10.3 Å². The van der Waals surface area contributed by atoms with Crippen LogP contribution in [-0.4, -0.2) is 35.7 Å². The highest BCUT2D eigenvalue weighted by atomic mass is 32.1. The second-order valence-electron chi connectivity index (χ2n) is 4.49. The molecule has 1 heterocycles. The van der Waals surface area contributed by atoms with Gasteiger partial charge < -0.3 is 15.0 Å². The first-order valence-corrected chi connectivity index (χ1v) is 7.03. The Hall–Kier alpha value is -1.99. The molecule has 1 aromatic heterocycles. The van der Waals surface area contributed by atoms with Crippen LogP contribution in [0.3, 0.4) is 0 Å². The average molecular weight is 307 g/mol. The number of amides is 1. The summed E-state index contributed by atoms with van der Waals surface area (Å²) in [6.07, 6.45) is 0. The Morgan fingerprint density at radius 2 is 2.24 bits per heavy atom.